The van der Waals surface area contributed by atoms with Crippen molar-refractivity contribution >= 4 is 23.6 Å². The Balaban J connectivity index is 1.61. The Morgan fingerprint density at radius 3 is 1.04 bits per heavy atom. The lowest BCUT2D eigenvalue weighted by Gasteiger charge is -2.51. The van der Waals surface area contributed by atoms with Crippen LogP contribution in [0.2, 0.25) is 0 Å². The Kier molecular flexibility index (Phi) is 16.8. The van der Waals surface area contributed by atoms with E-state index in [1.165, 1.54) is 0 Å². The van der Waals surface area contributed by atoms with Gasteiger partial charge in [-0.25, -0.2) is 0 Å². The van der Waals surface area contributed by atoms with Gasteiger partial charge < -0.3 is 105 Å². The topological polar surface area (TPSA) is 383 Å². The number of rotatable bonds is 14. The Labute approximate surface area is 325 Å². The number of hydrogen-bond acceptors (Lipinski definition) is 21. The molecule has 0 spiro atoms. The fourth-order valence-corrected chi connectivity index (χ4v) is 7.17. The van der Waals surface area contributed by atoms with Gasteiger partial charge in [-0.05, 0) is 0 Å². The second-order valence-electron chi connectivity index (χ2n) is 14.1. The van der Waals surface area contributed by atoms with Crippen LogP contribution >= 0.6 is 0 Å². The predicted molar refractivity (Wildman–Crippen MR) is 180 cm³/mol. The van der Waals surface area contributed by atoms with E-state index >= 15 is 0 Å². The second kappa shape index (κ2) is 20.4. The van der Waals surface area contributed by atoms with Crippen molar-refractivity contribution in [2.24, 2.45) is 0 Å². The first-order chi connectivity index (χ1) is 26.9. The molecule has 25 heteroatoms. The zero-order valence-electron chi connectivity index (χ0n) is 31.3. The van der Waals surface area contributed by atoms with Gasteiger partial charge in [-0.3, -0.25) is 19.2 Å². The molecule has 4 fully saturated rings. The van der Waals surface area contributed by atoms with Crippen LogP contribution in [-0.2, 0) is 52.3 Å². The third kappa shape index (κ3) is 10.9. The van der Waals surface area contributed by atoms with Gasteiger partial charge in [0.05, 0.1) is 26.4 Å². The van der Waals surface area contributed by atoms with Gasteiger partial charge in [0.25, 0.3) is 0 Å². The normalized spacial score (nSPS) is 43.8. The molecule has 4 amide bonds. The first-order valence-corrected chi connectivity index (χ1v) is 18.1. The highest BCUT2D eigenvalue weighted by atomic mass is 16.8. The summed E-state index contributed by atoms with van der Waals surface area (Å²) in [7, 11) is 0. The molecule has 20 atom stereocenters. The monoisotopic (exact) mass is 830 g/mol. The minimum atomic E-state index is -1.89. The van der Waals surface area contributed by atoms with Gasteiger partial charge >= 0.3 is 0 Å². The number of ether oxygens (including phenoxy) is 7. The summed E-state index contributed by atoms with van der Waals surface area (Å²) in [6, 6.07) is -6.15. The lowest BCUT2D eigenvalue weighted by molar-refractivity contribution is -0.362. The molecular weight excluding hydrogens is 776 g/mol. The SMILES string of the molecule is CC(=O)N[C@@H]1C(O)[C@H](O[C@@H]2O[C@H](CO)[C@@H](O)C(O)[C@@H]2NC(C)=O)[C@@H](CO)O[C@H]1O[C@H]1C(O)[C@H](NC(C)=O)[C@H](O[C@H]2C(O)[C@@H](NC(C)=O)[C@H](O)O[C@@H]2CO)O[C@@H]1CO. The zero-order valence-corrected chi connectivity index (χ0v) is 31.3. The van der Waals surface area contributed by atoms with Crippen molar-refractivity contribution in [3.8, 4) is 0 Å². The molecule has 25 nitrogen and oxygen atoms in total. The van der Waals surface area contributed by atoms with E-state index in [2.05, 4.69) is 21.3 Å². The van der Waals surface area contributed by atoms with E-state index in [1.807, 2.05) is 0 Å². The van der Waals surface area contributed by atoms with Gasteiger partial charge in [0.2, 0.25) is 23.6 Å². The fourth-order valence-electron chi connectivity index (χ4n) is 7.17. The Bertz CT molecular complexity index is 1370. The van der Waals surface area contributed by atoms with Gasteiger partial charge in [0, 0.05) is 27.7 Å². The third-order valence-electron chi connectivity index (χ3n) is 9.81. The fraction of sp³-hybridized carbons (Fsp3) is 0.875. The number of aliphatic hydroxyl groups is 10. The van der Waals surface area contributed by atoms with Crippen LogP contribution < -0.4 is 21.3 Å². The van der Waals surface area contributed by atoms with Gasteiger partial charge in [-0.15, -0.1) is 0 Å². The summed E-state index contributed by atoms with van der Waals surface area (Å²) >= 11 is 0. The highest BCUT2D eigenvalue weighted by molar-refractivity contribution is 5.74. The zero-order chi connectivity index (χ0) is 42.5. The van der Waals surface area contributed by atoms with Crippen molar-refractivity contribution in [1.29, 1.82) is 0 Å². The van der Waals surface area contributed by atoms with Gasteiger partial charge in [-0.1, -0.05) is 0 Å². The molecule has 14 N–H and O–H groups in total. The molecule has 0 radical (unpaired) electrons. The number of aliphatic hydroxyl groups excluding tert-OH is 10. The maximum absolute atomic E-state index is 12.4. The number of nitrogens with one attached hydrogen (secondary N) is 4. The van der Waals surface area contributed by atoms with Gasteiger partial charge in [0.15, 0.2) is 25.2 Å². The molecule has 0 aromatic rings. The minimum Gasteiger partial charge on any atom is -0.394 e. The maximum atomic E-state index is 12.4. The predicted octanol–water partition coefficient (Wildman–Crippen LogP) is -9.17. The first kappa shape index (κ1) is 46.9. The summed E-state index contributed by atoms with van der Waals surface area (Å²) in [4.78, 5) is 48.5. The van der Waals surface area contributed by atoms with Crippen LogP contribution in [0.25, 0.3) is 0 Å². The van der Waals surface area contributed by atoms with Gasteiger partial charge in [0.1, 0.15) is 97.4 Å². The number of carbonyl (C=O) groups excluding carboxylic acids is 4. The smallest absolute Gasteiger partial charge is 0.217 e. The molecular formula is C32H54N4O21. The average molecular weight is 831 g/mol. The van der Waals surface area contributed by atoms with E-state index in [0.717, 1.165) is 27.7 Å². The largest absolute Gasteiger partial charge is 0.394 e. The average Bonchev–Trinajstić information content (AvgIpc) is 3.14. The summed E-state index contributed by atoms with van der Waals surface area (Å²) in [5, 5.41) is 116. The Morgan fingerprint density at radius 1 is 0.421 bits per heavy atom. The van der Waals surface area contributed by atoms with Crippen molar-refractivity contribution < 1.29 is 103 Å². The summed E-state index contributed by atoms with van der Waals surface area (Å²) < 4.78 is 40.6. The van der Waals surface area contributed by atoms with E-state index in [9.17, 15) is 70.2 Å². The van der Waals surface area contributed by atoms with E-state index in [0.29, 0.717) is 0 Å². The molecule has 328 valence electrons. The lowest BCUT2D eigenvalue weighted by Crippen LogP contribution is -2.71. The number of amides is 4. The van der Waals surface area contributed by atoms with Crippen molar-refractivity contribution in [3.05, 3.63) is 0 Å². The molecule has 0 bridgehead atoms. The van der Waals surface area contributed by atoms with Crippen molar-refractivity contribution in [3.63, 3.8) is 0 Å². The summed E-state index contributed by atoms with van der Waals surface area (Å²) in [5.41, 5.74) is 0. The summed E-state index contributed by atoms with van der Waals surface area (Å²) in [6.45, 7) is 0.884. The van der Waals surface area contributed by atoms with Crippen LogP contribution in [0.1, 0.15) is 27.7 Å². The van der Waals surface area contributed by atoms with E-state index < -0.39 is 173 Å². The van der Waals surface area contributed by atoms with Crippen LogP contribution in [0, 0.1) is 0 Å². The van der Waals surface area contributed by atoms with Crippen LogP contribution in [0.3, 0.4) is 0 Å². The molecule has 4 aliphatic heterocycles. The molecule has 4 saturated heterocycles. The number of hydrogen-bond donors (Lipinski definition) is 14. The molecule has 4 unspecified atom stereocenters. The molecule has 0 aromatic carbocycles. The second-order valence-corrected chi connectivity index (χ2v) is 14.1. The molecule has 4 rings (SSSR count). The third-order valence-corrected chi connectivity index (χ3v) is 9.81. The maximum Gasteiger partial charge on any atom is 0.217 e. The van der Waals surface area contributed by atoms with Crippen molar-refractivity contribution in [2.75, 3.05) is 26.4 Å². The molecule has 57 heavy (non-hydrogen) atoms. The quantitative estimate of drug-likeness (QED) is 0.0773. The van der Waals surface area contributed by atoms with Crippen LogP contribution in [0.5, 0.6) is 0 Å². The van der Waals surface area contributed by atoms with E-state index in [1.54, 1.807) is 0 Å². The minimum absolute atomic E-state index is 0.664. The molecule has 4 aliphatic rings. The van der Waals surface area contributed by atoms with Crippen molar-refractivity contribution in [1.82, 2.24) is 21.3 Å². The summed E-state index contributed by atoms with van der Waals surface area (Å²) in [5.74, 6) is -2.84. The Hall–Kier alpha value is -2.80. The molecule has 0 saturated carbocycles. The lowest BCUT2D eigenvalue weighted by atomic mass is 9.93. The highest BCUT2D eigenvalue weighted by Crippen LogP contribution is 2.34. The van der Waals surface area contributed by atoms with Crippen LogP contribution in [-0.4, -0.2) is 224 Å². The standard InChI is InChI=1S/C32H54N4O21/c1-9(41)33-17-23(47)26(14(6-38)51-29(17)50)55-31-19(35-11(3)43)25(49)28(16(8-40)53-31)57-32-20(36-12(4)44)24(48)27(15(7-39)54-32)56-30-18(34-10(2)42)22(46)21(45)13(5-37)52-30/h13-32,37-40,45-50H,5-8H2,1-4H3,(H,33,41)(H,34,42)(H,35,43)(H,36,44)/t13-,14-,15-,16-,17-,18+,19+,20-,21-,22?,23?,24?,25?,26-,27-,28-,29-,30+,31+,32+/m1/s1. The van der Waals surface area contributed by atoms with Gasteiger partial charge in [-0.2, -0.15) is 0 Å². The Morgan fingerprint density at radius 2 is 0.702 bits per heavy atom. The van der Waals surface area contributed by atoms with E-state index in [-0.39, 0.29) is 0 Å². The van der Waals surface area contributed by atoms with Crippen LogP contribution in [0.15, 0.2) is 0 Å². The molecule has 0 aromatic heterocycles. The molecule has 0 aliphatic carbocycles. The van der Waals surface area contributed by atoms with E-state index in [4.69, 9.17) is 33.2 Å². The van der Waals surface area contributed by atoms with Crippen LogP contribution in [0.4, 0.5) is 0 Å². The highest BCUT2D eigenvalue weighted by Gasteiger charge is 2.56. The first-order valence-electron chi connectivity index (χ1n) is 18.1. The molecule has 4 heterocycles. The van der Waals surface area contributed by atoms with Crippen molar-refractivity contribution in [2.45, 2.75) is 150 Å². The summed E-state index contributed by atoms with van der Waals surface area (Å²) in [6.07, 6.45) is -26.9. The number of carbonyl (C=O) groups is 4.